The van der Waals surface area contributed by atoms with Crippen LogP contribution < -0.4 is 26.2 Å². The lowest BCUT2D eigenvalue weighted by Gasteiger charge is -2.16. The Bertz CT molecular complexity index is 2120. The number of nitrogens with zero attached hydrogens (tertiary/aromatic N) is 3. The molecule has 2 aromatic carbocycles. The molecule has 10 nitrogen and oxygen atoms in total. The Labute approximate surface area is 299 Å². The molecule has 7 rings (SSSR count). The fourth-order valence-corrected chi connectivity index (χ4v) is 7.11. The maximum Gasteiger partial charge on any atom is 0.262 e. The molecule has 12 heteroatoms. The highest BCUT2D eigenvalue weighted by molar-refractivity contribution is 6.39. The van der Waals surface area contributed by atoms with Crippen molar-refractivity contribution in [2.45, 2.75) is 50.9 Å². The number of carbonyl (C=O) groups is 1. The third kappa shape index (κ3) is 7.26. The van der Waals surface area contributed by atoms with Crippen LogP contribution in [0.3, 0.4) is 0 Å². The van der Waals surface area contributed by atoms with Gasteiger partial charge in [-0.1, -0.05) is 65.7 Å². The SMILES string of the molecule is COc1nc(-c2cccc(-c3cccc(-c4ccn5c(=O)c(CNC[C@@H](O)C6CC6)cnc5c4)c3Cl)c2Cl)ccc1CNCC1CCC(=O)N1. The van der Waals surface area contributed by atoms with Gasteiger partial charge in [0.1, 0.15) is 5.65 Å². The van der Waals surface area contributed by atoms with Crippen molar-refractivity contribution in [3.63, 3.8) is 0 Å². The van der Waals surface area contributed by atoms with Gasteiger partial charge in [0.05, 0.1) is 29.0 Å². The number of aromatic nitrogens is 3. The number of hydrogen-bond donors (Lipinski definition) is 4. The molecule has 1 unspecified atom stereocenters. The molecule has 4 heterocycles. The molecular weight excluding hydrogens is 675 g/mol. The van der Waals surface area contributed by atoms with Gasteiger partial charge in [-0.2, -0.15) is 0 Å². The van der Waals surface area contributed by atoms with Gasteiger partial charge in [-0.3, -0.25) is 14.0 Å². The minimum atomic E-state index is -0.383. The van der Waals surface area contributed by atoms with Crippen molar-refractivity contribution >= 4 is 34.8 Å². The number of pyridine rings is 2. The molecule has 4 N–H and O–H groups in total. The van der Waals surface area contributed by atoms with Gasteiger partial charge in [0.15, 0.2) is 0 Å². The summed E-state index contributed by atoms with van der Waals surface area (Å²) in [7, 11) is 1.59. The van der Waals surface area contributed by atoms with E-state index < -0.39 is 0 Å². The molecule has 1 saturated heterocycles. The topological polar surface area (TPSA) is 130 Å². The van der Waals surface area contributed by atoms with Gasteiger partial charge in [0.2, 0.25) is 11.8 Å². The van der Waals surface area contributed by atoms with Crippen LogP contribution in [0.1, 0.15) is 36.8 Å². The summed E-state index contributed by atoms with van der Waals surface area (Å²) in [6.45, 7) is 2.00. The Morgan fingerprint density at radius 1 is 0.940 bits per heavy atom. The highest BCUT2D eigenvalue weighted by Crippen LogP contribution is 2.42. The fourth-order valence-electron chi connectivity index (χ4n) is 6.45. The van der Waals surface area contributed by atoms with Gasteiger partial charge in [0, 0.05) is 84.4 Å². The Morgan fingerprint density at radius 3 is 2.38 bits per heavy atom. The first-order valence-electron chi connectivity index (χ1n) is 16.8. The van der Waals surface area contributed by atoms with Crippen LogP contribution in [0.5, 0.6) is 5.88 Å². The van der Waals surface area contributed by atoms with Gasteiger partial charge in [0.25, 0.3) is 5.56 Å². The molecule has 1 aliphatic carbocycles. The number of hydrogen-bond acceptors (Lipinski definition) is 8. The molecule has 2 fully saturated rings. The summed E-state index contributed by atoms with van der Waals surface area (Å²) in [6, 6.07) is 19.3. The average molecular weight is 714 g/mol. The van der Waals surface area contributed by atoms with Crippen molar-refractivity contribution in [2.75, 3.05) is 20.2 Å². The fraction of sp³-hybridized carbons (Fsp3) is 0.316. The molecule has 5 aromatic rings. The lowest BCUT2D eigenvalue weighted by molar-refractivity contribution is -0.119. The number of benzene rings is 2. The van der Waals surface area contributed by atoms with Crippen LogP contribution in [0.4, 0.5) is 0 Å². The predicted molar refractivity (Wildman–Crippen MR) is 195 cm³/mol. The minimum Gasteiger partial charge on any atom is -0.481 e. The monoisotopic (exact) mass is 712 g/mol. The molecule has 2 atom stereocenters. The van der Waals surface area contributed by atoms with E-state index in [1.54, 1.807) is 19.5 Å². The Kier molecular flexibility index (Phi) is 10.2. The predicted octanol–water partition coefficient (Wildman–Crippen LogP) is 5.63. The smallest absolute Gasteiger partial charge is 0.262 e. The number of carbonyl (C=O) groups excluding carboxylic acids is 1. The number of fused-ring (bicyclic) bond motifs is 1. The Morgan fingerprint density at radius 2 is 1.66 bits per heavy atom. The van der Waals surface area contributed by atoms with Crippen molar-refractivity contribution in [3.05, 3.63) is 105 Å². The van der Waals surface area contributed by atoms with Crippen molar-refractivity contribution in [3.8, 4) is 39.4 Å². The summed E-state index contributed by atoms with van der Waals surface area (Å²) in [5, 5.41) is 20.7. The summed E-state index contributed by atoms with van der Waals surface area (Å²) in [5.74, 6) is 0.956. The van der Waals surface area contributed by atoms with E-state index in [9.17, 15) is 14.7 Å². The van der Waals surface area contributed by atoms with E-state index in [2.05, 4.69) is 20.9 Å². The van der Waals surface area contributed by atoms with Crippen LogP contribution in [-0.2, 0) is 17.9 Å². The summed E-state index contributed by atoms with van der Waals surface area (Å²) >= 11 is 14.2. The first-order chi connectivity index (χ1) is 24.3. The molecule has 0 bridgehead atoms. The second-order valence-electron chi connectivity index (χ2n) is 12.9. The summed E-state index contributed by atoms with van der Waals surface area (Å²) < 4.78 is 7.16. The molecule has 1 aliphatic heterocycles. The number of rotatable bonds is 13. The normalized spacial score (nSPS) is 16.5. The zero-order valence-electron chi connectivity index (χ0n) is 27.6. The number of methoxy groups -OCH3 is 1. The van der Waals surface area contributed by atoms with Gasteiger partial charge in [-0.25, -0.2) is 9.97 Å². The number of halogens is 2. The van der Waals surface area contributed by atoms with E-state index >= 15 is 0 Å². The molecule has 2 aliphatic rings. The average Bonchev–Trinajstić information content (AvgIpc) is 3.90. The van der Waals surface area contributed by atoms with Gasteiger partial charge >= 0.3 is 0 Å². The number of aliphatic hydroxyl groups is 1. The second-order valence-corrected chi connectivity index (χ2v) is 13.7. The van der Waals surface area contributed by atoms with Gasteiger partial charge < -0.3 is 25.8 Å². The maximum atomic E-state index is 13.2. The van der Waals surface area contributed by atoms with Crippen molar-refractivity contribution in [1.29, 1.82) is 0 Å². The van der Waals surface area contributed by atoms with E-state index in [-0.39, 0.29) is 23.6 Å². The number of nitrogens with one attached hydrogen (secondary N) is 3. The highest BCUT2D eigenvalue weighted by Gasteiger charge is 2.29. The highest BCUT2D eigenvalue weighted by atomic mass is 35.5. The van der Waals surface area contributed by atoms with E-state index in [1.165, 1.54) is 4.40 Å². The van der Waals surface area contributed by atoms with E-state index in [0.717, 1.165) is 52.6 Å². The number of ether oxygens (including phenoxy) is 1. The molecule has 50 heavy (non-hydrogen) atoms. The zero-order valence-corrected chi connectivity index (χ0v) is 29.1. The first kappa shape index (κ1) is 34.1. The summed E-state index contributed by atoms with van der Waals surface area (Å²) in [4.78, 5) is 34.1. The van der Waals surface area contributed by atoms with Gasteiger partial charge in [-0.05, 0) is 48.9 Å². The summed E-state index contributed by atoms with van der Waals surface area (Å²) in [6.07, 6.45) is 6.43. The van der Waals surface area contributed by atoms with Crippen molar-refractivity contribution in [2.24, 2.45) is 5.92 Å². The van der Waals surface area contributed by atoms with E-state index in [4.69, 9.17) is 32.9 Å². The molecule has 258 valence electrons. The van der Waals surface area contributed by atoms with E-state index in [0.29, 0.717) is 71.3 Å². The van der Waals surface area contributed by atoms with Crippen LogP contribution in [0.2, 0.25) is 10.0 Å². The first-order valence-corrected chi connectivity index (χ1v) is 17.6. The molecular formula is C38H38Cl2N6O4. The molecule has 1 saturated carbocycles. The number of amides is 1. The Balaban J connectivity index is 1.11. The minimum absolute atomic E-state index is 0.0939. The quantitative estimate of drug-likeness (QED) is 0.124. The lowest BCUT2D eigenvalue weighted by atomic mass is 9.97. The van der Waals surface area contributed by atoms with Crippen LogP contribution in [-0.4, -0.2) is 57.7 Å². The Hall–Kier alpha value is -4.32. The van der Waals surface area contributed by atoms with Crippen LogP contribution >= 0.6 is 23.2 Å². The standard InChI is InChI=1S/C38H38Cl2N6O4/c1-50-37-24(17-41-20-26-11-13-34(48)44-26)10-12-31(45-37)30-7-3-6-29(36(30)40)28-5-2-4-27(35(28)39)23-14-15-46-33(16-23)43-19-25(38(46)49)18-42-21-32(47)22-8-9-22/h2-7,10,12,14-16,19,22,26,32,41-42,47H,8-9,11,13,17-18,20-21H2,1H3,(H,44,48)/t26?,32-/m1/s1. The van der Waals surface area contributed by atoms with Gasteiger partial charge in [-0.15, -0.1) is 0 Å². The second kappa shape index (κ2) is 14.9. The van der Waals surface area contributed by atoms with Crippen LogP contribution in [0.25, 0.3) is 39.2 Å². The molecule has 1 amide bonds. The molecule has 0 radical (unpaired) electrons. The van der Waals surface area contributed by atoms with Crippen molar-refractivity contribution in [1.82, 2.24) is 30.3 Å². The lowest BCUT2D eigenvalue weighted by Crippen LogP contribution is -2.35. The third-order valence-corrected chi connectivity index (χ3v) is 10.2. The number of aliphatic hydroxyl groups excluding tert-OH is 1. The maximum absolute atomic E-state index is 13.2. The molecule has 3 aromatic heterocycles. The third-order valence-electron chi connectivity index (χ3n) is 9.41. The van der Waals surface area contributed by atoms with Crippen molar-refractivity contribution < 1.29 is 14.6 Å². The van der Waals surface area contributed by atoms with E-state index in [1.807, 2.05) is 60.7 Å². The van der Waals surface area contributed by atoms with Crippen LogP contribution in [0, 0.1) is 5.92 Å². The zero-order chi connectivity index (χ0) is 34.8. The largest absolute Gasteiger partial charge is 0.481 e. The molecule has 0 spiro atoms. The summed E-state index contributed by atoms with van der Waals surface area (Å²) in [5.41, 5.74) is 6.24. The van der Waals surface area contributed by atoms with Crippen LogP contribution in [0.15, 0.2) is 77.9 Å².